The van der Waals surface area contributed by atoms with Gasteiger partial charge in [0.15, 0.2) is 5.78 Å². The van der Waals surface area contributed by atoms with Gasteiger partial charge >= 0.3 is 0 Å². The number of Topliss-reactive ketones (excluding diaryl/α,β-unsaturated/α-hetero) is 1. The number of hydrogen-bond donors (Lipinski definition) is 0. The van der Waals surface area contributed by atoms with E-state index in [1.54, 1.807) is 25.3 Å². The van der Waals surface area contributed by atoms with Crippen LogP contribution in [-0.4, -0.2) is 12.0 Å². The van der Waals surface area contributed by atoms with E-state index in [0.717, 1.165) is 0 Å². The van der Waals surface area contributed by atoms with Gasteiger partial charge in [0.2, 0.25) is 0 Å². The molecule has 0 aromatic heterocycles. The van der Waals surface area contributed by atoms with Gasteiger partial charge in [-0.25, -0.2) is 8.78 Å². The minimum Gasteiger partial charge on any atom is -0.294 e. The van der Waals surface area contributed by atoms with Crippen LogP contribution in [0.5, 0.6) is 0 Å². The van der Waals surface area contributed by atoms with E-state index in [-0.39, 0.29) is 23.3 Å². The predicted molar refractivity (Wildman–Crippen MR) is 57.8 cm³/mol. The molecule has 0 aliphatic rings. The topological polar surface area (TPSA) is 17.1 Å². The van der Waals surface area contributed by atoms with Crippen LogP contribution < -0.4 is 0 Å². The van der Waals surface area contributed by atoms with Gasteiger partial charge < -0.3 is 0 Å². The van der Waals surface area contributed by atoms with Crippen LogP contribution in [-0.2, 0) is 0 Å². The number of carbonyl (C=O) groups excluding carboxylic acids is 1. The number of carbonyl (C=O) groups is 1. The van der Waals surface area contributed by atoms with Gasteiger partial charge in [0.25, 0.3) is 6.43 Å². The van der Waals surface area contributed by atoms with Gasteiger partial charge in [-0.05, 0) is 12.3 Å². The molecule has 0 atom stereocenters. The van der Waals surface area contributed by atoms with Crippen molar-refractivity contribution < 1.29 is 13.6 Å². The number of hydrogen-bond acceptors (Lipinski definition) is 2. The van der Waals surface area contributed by atoms with Gasteiger partial charge in [-0.3, -0.25) is 4.79 Å². The van der Waals surface area contributed by atoms with E-state index in [1.165, 1.54) is 17.8 Å². The van der Waals surface area contributed by atoms with Crippen LogP contribution in [0.25, 0.3) is 0 Å². The molecule has 1 aromatic rings. The molecule has 15 heavy (non-hydrogen) atoms. The summed E-state index contributed by atoms with van der Waals surface area (Å²) in [6, 6.07) is 4.56. The van der Waals surface area contributed by atoms with E-state index < -0.39 is 6.43 Å². The fourth-order valence-corrected chi connectivity index (χ4v) is 2.03. The summed E-state index contributed by atoms with van der Waals surface area (Å²) in [7, 11) is 0. The molecular formula is C11H12F2OS. The first-order valence-electron chi connectivity index (χ1n) is 4.60. The van der Waals surface area contributed by atoms with Crippen LogP contribution in [0, 0.1) is 0 Å². The van der Waals surface area contributed by atoms with Crippen LogP contribution in [0.3, 0.4) is 0 Å². The van der Waals surface area contributed by atoms with Crippen molar-refractivity contribution in [2.45, 2.75) is 24.7 Å². The second-order valence-corrected chi connectivity index (χ2v) is 3.85. The third-order valence-electron chi connectivity index (χ3n) is 2.11. The molecule has 0 saturated heterocycles. The summed E-state index contributed by atoms with van der Waals surface area (Å²) in [6.07, 6.45) is -0.573. The molecule has 0 fully saturated rings. The van der Waals surface area contributed by atoms with E-state index in [4.69, 9.17) is 0 Å². The Labute approximate surface area is 91.9 Å². The van der Waals surface area contributed by atoms with Gasteiger partial charge in [0.1, 0.15) is 0 Å². The van der Waals surface area contributed by atoms with Crippen LogP contribution in [0.15, 0.2) is 23.1 Å². The van der Waals surface area contributed by atoms with Crippen LogP contribution in [0.1, 0.15) is 35.7 Å². The number of alkyl halides is 2. The predicted octanol–water partition coefficient (Wildman–Crippen LogP) is 3.94. The lowest BCUT2D eigenvalue weighted by Crippen LogP contribution is -2.04. The standard InChI is InChI=1S/C11H12F2OS/c1-3-8(14)10-7(11(12)13)5-4-6-9(10)15-2/h4-6,11H,3H2,1-2H3. The van der Waals surface area contributed by atoms with Gasteiger partial charge in [-0.15, -0.1) is 11.8 Å². The molecule has 4 heteroatoms. The molecule has 0 amide bonds. The molecule has 0 aliphatic heterocycles. The lowest BCUT2D eigenvalue weighted by molar-refractivity contribution is 0.0970. The first kappa shape index (κ1) is 12.2. The zero-order chi connectivity index (χ0) is 11.4. The summed E-state index contributed by atoms with van der Waals surface area (Å²) in [5, 5.41) is 0. The number of benzene rings is 1. The Balaban J connectivity index is 3.33. The highest BCUT2D eigenvalue weighted by molar-refractivity contribution is 7.98. The molecule has 0 N–H and O–H groups in total. The molecule has 82 valence electrons. The molecule has 0 spiro atoms. The van der Waals surface area contributed by atoms with E-state index in [0.29, 0.717) is 4.90 Å². The van der Waals surface area contributed by atoms with Gasteiger partial charge in [0, 0.05) is 22.4 Å². The van der Waals surface area contributed by atoms with Crippen molar-refractivity contribution in [3.8, 4) is 0 Å². The molecule has 0 unspecified atom stereocenters. The maximum atomic E-state index is 12.7. The van der Waals surface area contributed by atoms with Crippen molar-refractivity contribution in [3.05, 3.63) is 29.3 Å². The minimum atomic E-state index is -2.59. The maximum absolute atomic E-state index is 12.7. The Morgan fingerprint density at radius 2 is 2.13 bits per heavy atom. The second-order valence-electron chi connectivity index (χ2n) is 3.00. The third-order valence-corrected chi connectivity index (χ3v) is 2.89. The van der Waals surface area contributed by atoms with Crippen molar-refractivity contribution in [2.24, 2.45) is 0 Å². The van der Waals surface area contributed by atoms with Gasteiger partial charge in [-0.2, -0.15) is 0 Å². The summed E-state index contributed by atoms with van der Waals surface area (Å²) < 4.78 is 25.4. The SMILES string of the molecule is CCC(=O)c1c(SC)cccc1C(F)F. The first-order valence-corrected chi connectivity index (χ1v) is 5.82. The molecule has 1 rings (SSSR count). The quantitative estimate of drug-likeness (QED) is 0.575. The lowest BCUT2D eigenvalue weighted by Gasteiger charge is -2.10. The highest BCUT2D eigenvalue weighted by Crippen LogP contribution is 2.30. The first-order chi connectivity index (χ1) is 7.11. The third kappa shape index (κ3) is 2.56. The van der Waals surface area contributed by atoms with Crippen molar-refractivity contribution in [3.63, 3.8) is 0 Å². The Bertz CT molecular complexity index is 364. The van der Waals surface area contributed by atoms with E-state index >= 15 is 0 Å². The fraction of sp³-hybridized carbons (Fsp3) is 0.364. The average molecular weight is 230 g/mol. The van der Waals surface area contributed by atoms with Crippen LogP contribution in [0.2, 0.25) is 0 Å². The number of rotatable bonds is 4. The molecule has 0 bridgehead atoms. The number of ketones is 1. The summed E-state index contributed by atoms with van der Waals surface area (Å²) in [5.74, 6) is -0.227. The zero-order valence-corrected chi connectivity index (χ0v) is 9.41. The molecule has 0 heterocycles. The molecule has 1 nitrogen and oxygen atoms in total. The zero-order valence-electron chi connectivity index (χ0n) is 8.59. The Morgan fingerprint density at radius 1 is 1.47 bits per heavy atom. The second kappa shape index (κ2) is 5.26. The van der Waals surface area contributed by atoms with Crippen molar-refractivity contribution >= 4 is 17.5 Å². The minimum absolute atomic E-state index is 0.159. The highest BCUT2D eigenvalue weighted by atomic mass is 32.2. The van der Waals surface area contributed by atoms with E-state index in [2.05, 4.69) is 0 Å². The van der Waals surface area contributed by atoms with E-state index in [1.807, 2.05) is 0 Å². The summed E-state index contributed by atoms with van der Waals surface area (Å²) in [6.45, 7) is 1.68. The van der Waals surface area contributed by atoms with Crippen LogP contribution >= 0.6 is 11.8 Å². The number of thioether (sulfide) groups is 1. The molecule has 0 saturated carbocycles. The van der Waals surface area contributed by atoms with Crippen molar-refractivity contribution in [1.29, 1.82) is 0 Å². The summed E-state index contributed by atoms with van der Waals surface area (Å²) in [5.41, 5.74) is 0.0243. The average Bonchev–Trinajstić information content (AvgIpc) is 2.26. The molecular weight excluding hydrogens is 218 g/mol. The van der Waals surface area contributed by atoms with Crippen molar-refractivity contribution in [2.75, 3.05) is 6.26 Å². The molecule has 0 radical (unpaired) electrons. The molecule has 1 aromatic carbocycles. The smallest absolute Gasteiger partial charge is 0.264 e. The normalized spacial score (nSPS) is 10.7. The van der Waals surface area contributed by atoms with E-state index in [9.17, 15) is 13.6 Å². The van der Waals surface area contributed by atoms with Crippen molar-refractivity contribution in [1.82, 2.24) is 0 Å². The Kier molecular flexibility index (Phi) is 4.27. The maximum Gasteiger partial charge on any atom is 0.264 e. The largest absolute Gasteiger partial charge is 0.294 e. The highest BCUT2D eigenvalue weighted by Gasteiger charge is 2.19. The Hall–Kier alpha value is -0.900. The van der Waals surface area contributed by atoms with Crippen LogP contribution in [0.4, 0.5) is 8.78 Å². The Morgan fingerprint density at radius 3 is 2.60 bits per heavy atom. The molecule has 0 aliphatic carbocycles. The lowest BCUT2D eigenvalue weighted by atomic mass is 10.0. The summed E-state index contributed by atoms with van der Waals surface area (Å²) >= 11 is 1.32. The van der Waals surface area contributed by atoms with Gasteiger partial charge in [0.05, 0.1) is 0 Å². The van der Waals surface area contributed by atoms with Gasteiger partial charge in [-0.1, -0.05) is 19.1 Å². The fourth-order valence-electron chi connectivity index (χ4n) is 1.38. The monoisotopic (exact) mass is 230 g/mol. The number of halogens is 2. The summed E-state index contributed by atoms with van der Waals surface area (Å²) in [4.78, 5) is 12.2.